The maximum atomic E-state index is 11.6. The summed E-state index contributed by atoms with van der Waals surface area (Å²) in [6.07, 6.45) is 12.2. The Kier molecular flexibility index (Phi) is 16.4. The minimum atomic E-state index is -0.138. The minimum absolute atomic E-state index is 0.0207. The molecule has 2 amide bonds. The molecule has 2 aliphatic carbocycles. The zero-order valence-corrected chi connectivity index (χ0v) is 22.6. The van der Waals surface area contributed by atoms with E-state index in [1.165, 1.54) is 38.5 Å². The number of ether oxygens (including phenoxy) is 1. The van der Waals surface area contributed by atoms with E-state index < -0.39 is 0 Å². The third-order valence-electron chi connectivity index (χ3n) is 6.36. The maximum absolute atomic E-state index is 11.6. The van der Waals surface area contributed by atoms with Crippen molar-refractivity contribution in [3.63, 3.8) is 0 Å². The Labute approximate surface area is 227 Å². The lowest BCUT2D eigenvalue weighted by atomic mass is 9.98. The molecule has 0 unspecified atom stereocenters. The normalized spacial score (nSPS) is 15.8. The molecule has 0 spiro atoms. The average molecular weight is 531 g/mol. The largest absolute Gasteiger partial charge is 0.393 e. The highest BCUT2D eigenvalue weighted by Crippen LogP contribution is 2.20. The standard InChI is InChI=1S/C15H21NO2.C9H10ClNO.C6H12O/c17-15(12-18-14-9-5-2-6-10-14)16-11-13-7-3-1-4-8-13;10-6-9(12)11-7-8-4-2-1-3-5-8;7-6-4-2-1-3-5-6/h1,3-4,7-8,14H,2,5-6,9-12H2,(H,16,17);1-5H,6-7H2,(H,11,12);6-7H,1-5H2. The van der Waals surface area contributed by atoms with Gasteiger partial charge < -0.3 is 20.5 Å². The molecule has 2 aromatic carbocycles. The summed E-state index contributed by atoms with van der Waals surface area (Å²) in [5, 5.41) is 14.5. The van der Waals surface area contributed by atoms with Crippen LogP contribution in [0.2, 0.25) is 0 Å². The van der Waals surface area contributed by atoms with Crippen LogP contribution in [0.1, 0.15) is 75.3 Å². The fraction of sp³-hybridized carbons (Fsp3) is 0.533. The van der Waals surface area contributed by atoms with E-state index in [4.69, 9.17) is 21.4 Å². The average Bonchev–Trinajstić information content (AvgIpc) is 2.96. The zero-order valence-electron chi connectivity index (χ0n) is 21.9. The molecule has 4 rings (SSSR count). The maximum Gasteiger partial charge on any atom is 0.246 e. The van der Waals surface area contributed by atoms with Gasteiger partial charge in [0.1, 0.15) is 12.5 Å². The Bertz CT molecular complexity index is 854. The zero-order chi connectivity index (χ0) is 26.6. The Morgan fingerprint density at radius 1 is 0.730 bits per heavy atom. The van der Waals surface area contributed by atoms with Crippen LogP contribution in [0.3, 0.4) is 0 Å². The predicted molar refractivity (Wildman–Crippen MR) is 149 cm³/mol. The fourth-order valence-electron chi connectivity index (χ4n) is 4.20. The number of hydrogen-bond acceptors (Lipinski definition) is 4. The fourth-order valence-corrected chi connectivity index (χ4v) is 4.29. The van der Waals surface area contributed by atoms with Crippen molar-refractivity contribution in [1.29, 1.82) is 0 Å². The first-order valence-corrected chi connectivity index (χ1v) is 14.1. The molecule has 204 valence electrons. The van der Waals surface area contributed by atoms with Gasteiger partial charge in [-0.1, -0.05) is 99.2 Å². The lowest BCUT2D eigenvalue weighted by molar-refractivity contribution is -0.128. The van der Waals surface area contributed by atoms with Crippen molar-refractivity contribution in [3.8, 4) is 0 Å². The molecule has 7 heteroatoms. The lowest BCUT2D eigenvalue weighted by Gasteiger charge is -2.21. The topological polar surface area (TPSA) is 87.7 Å². The molecule has 6 nitrogen and oxygen atoms in total. The first kappa shape index (κ1) is 30.8. The van der Waals surface area contributed by atoms with Crippen molar-refractivity contribution in [1.82, 2.24) is 10.6 Å². The van der Waals surface area contributed by atoms with Gasteiger partial charge >= 0.3 is 0 Å². The third-order valence-corrected chi connectivity index (χ3v) is 6.61. The van der Waals surface area contributed by atoms with Crippen molar-refractivity contribution in [2.75, 3.05) is 12.5 Å². The summed E-state index contributed by atoms with van der Waals surface area (Å²) in [4.78, 5) is 22.4. The van der Waals surface area contributed by atoms with Crippen molar-refractivity contribution in [3.05, 3.63) is 71.8 Å². The Morgan fingerprint density at radius 3 is 1.62 bits per heavy atom. The second kappa shape index (κ2) is 19.7. The molecule has 0 aromatic heterocycles. The second-order valence-electron chi connectivity index (χ2n) is 9.52. The highest BCUT2D eigenvalue weighted by Gasteiger charge is 2.15. The van der Waals surface area contributed by atoms with E-state index in [0.717, 1.165) is 36.8 Å². The number of aliphatic hydroxyl groups excluding tert-OH is 1. The first-order chi connectivity index (χ1) is 18.1. The van der Waals surface area contributed by atoms with Crippen LogP contribution in [0.4, 0.5) is 0 Å². The number of nitrogens with one attached hydrogen (secondary N) is 2. The summed E-state index contributed by atoms with van der Waals surface area (Å²) in [6.45, 7) is 1.32. The third kappa shape index (κ3) is 15.4. The number of alkyl halides is 1. The number of rotatable bonds is 8. The predicted octanol–water partition coefficient (Wildman–Crippen LogP) is 5.51. The number of aliphatic hydroxyl groups is 1. The summed E-state index contributed by atoms with van der Waals surface area (Å²) in [5.74, 6) is -0.141. The van der Waals surface area contributed by atoms with Crippen LogP contribution < -0.4 is 10.6 Å². The number of amides is 2. The number of benzene rings is 2. The molecule has 2 fully saturated rings. The number of carbonyl (C=O) groups excluding carboxylic acids is 2. The van der Waals surface area contributed by atoms with Crippen LogP contribution in [0.25, 0.3) is 0 Å². The molecule has 2 aliphatic rings. The molecular formula is C30H43ClN2O4. The monoisotopic (exact) mass is 530 g/mol. The Hall–Kier alpha value is -2.41. The minimum Gasteiger partial charge on any atom is -0.393 e. The summed E-state index contributed by atoms with van der Waals surface area (Å²) in [7, 11) is 0. The van der Waals surface area contributed by atoms with Crippen molar-refractivity contribution < 1.29 is 19.4 Å². The molecule has 3 N–H and O–H groups in total. The molecule has 0 aliphatic heterocycles. The van der Waals surface area contributed by atoms with Gasteiger partial charge in [-0.15, -0.1) is 11.6 Å². The van der Waals surface area contributed by atoms with E-state index in [-0.39, 0.29) is 30.4 Å². The lowest BCUT2D eigenvalue weighted by Crippen LogP contribution is -2.30. The van der Waals surface area contributed by atoms with Gasteiger partial charge in [0.2, 0.25) is 11.8 Å². The molecule has 0 saturated heterocycles. The molecule has 0 atom stereocenters. The molecule has 37 heavy (non-hydrogen) atoms. The molecule has 2 saturated carbocycles. The van der Waals surface area contributed by atoms with Gasteiger partial charge in [0.05, 0.1) is 12.2 Å². The molecule has 2 aromatic rings. The number of hydrogen-bond donors (Lipinski definition) is 3. The van der Waals surface area contributed by atoms with Crippen LogP contribution >= 0.6 is 11.6 Å². The van der Waals surface area contributed by atoms with Crippen LogP contribution in [0, 0.1) is 0 Å². The SMILES string of the molecule is O=C(CCl)NCc1ccccc1.O=C(COC1CCCCC1)NCc1ccccc1.OC1CCCCC1. The van der Waals surface area contributed by atoms with E-state index in [1.807, 2.05) is 60.7 Å². The van der Waals surface area contributed by atoms with Crippen LogP contribution in [-0.4, -0.2) is 41.6 Å². The molecule has 0 radical (unpaired) electrons. The van der Waals surface area contributed by atoms with Gasteiger partial charge in [0.15, 0.2) is 0 Å². The van der Waals surface area contributed by atoms with Gasteiger partial charge in [-0.25, -0.2) is 0 Å². The highest BCUT2D eigenvalue weighted by atomic mass is 35.5. The van der Waals surface area contributed by atoms with Crippen molar-refractivity contribution >= 4 is 23.4 Å². The highest BCUT2D eigenvalue weighted by molar-refractivity contribution is 6.27. The van der Waals surface area contributed by atoms with Gasteiger partial charge in [0, 0.05) is 13.1 Å². The van der Waals surface area contributed by atoms with E-state index in [0.29, 0.717) is 19.2 Å². The van der Waals surface area contributed by atoms with E-state index in [1.54, 1.807) is 0 Å². The number of halogens is 1. The summed E-state index contributed by atoms with van der Waals surface area (Å²) >= 11 is 5.31. The van der Waals surface area contributed by atoms with E-state index in [9.17, 15) is 9.59 Å². The van der Waals surface area contributed by atoms with Crippen LogP contribution in [0.5, 0.6) is 0 Å². The van der Waals surface area contributed by atoms with Crippen LogP contribution in [0.15, 0.2) is 60.7 Å². The quantitative estimate of drug-likeness (QED) is 0.393. The van der Waals surface area contributed by atoms with Gasteiger partial charge in [0.25, 0.3) is 0 Å². The summed E-state index contributed by atoms with van der Waals surface area (Å²) in [5.41, 5.74) is 2.19. The molecule has 0 bridgehead atoms. The van der Waals surface area contributed by atoms with E-state index in [2.05, 4.69) is 10.6 Å². The summed E-state index contributed by atoms with van der Waals surface area (Å²) < 4.78 is 5.62. The number of carbonyl (C=O) groups is 2. The molecular weight excluding hydrogens is 488 g/mol. The van der Waals surface area contributed by atoms with Crippen molar-refractivity contribution in [2.45, 2.75) is 89.5 Å². The van der Waals surface area contributed by atoms with Crippen LogP contribution in [-0.2, 0) is 27.4 Å². The second-order valence-corrected chi connectivity index (χ2v) is 9.79. The Balaban J connectivity index is 0.000000217. The molecule has 0 heterocycles. The van der Waals surface area contributed by atoms with Gasteiger partial charge in [-0.3, -0.25) is 9.59 Å². The van der Waals surface area contributed by atoms with Crippen molar-refractivity contribution in [2.24, 2.45) is 0 Å². The smallest absolute Gasteiger partial charge is 0.246 e. The Morgan fingerprint density at radius 2 is 1.19 bits per heavy atom. The first-order valence-electron chi connectivity index (χ1n) is 13.5. The van der Waals surface area contributed by atoms with Gasteiger partial charge in [-0.05, 0) is 36.8 Å². The summed E-state index contributed by atoms with van der Waals surface area (Å²) in [6, 6.07) is 19.6. The van der Waals surface area contributed by atoms with Gasteiger partial charge in [-0.2, -0.15) is 0 Å². The van der Waals surface area contributed by atoms with E-state index >= 15 is 0 Å².